The van der Waals surface area contributed by atoms with Crippen molar-refractivity contribution in [2.75, 3.05) is 19.7 Å². The van der Waals surface area contributed by atoms with Gasteiger partial charge in [0, 0.05) is 19.1 Å². The highest BCUT2D eigenvalue weighted by molar-refractivity contribution is 7.87. The summed E-state index contributed by atoms with van der Waals surface area (Å²) in [5.74, 6) is 0. The van der Waals surface area contributed by atoms with Gasteiger partial charge in [-0.2, -0.15) is 17.4 Å². The van der Waals surface area contributed by atoms with E-state index in [0.717, 1.165) is 12.8 Å². The van der Waals surface area contributed by atoms with Crippen LogP contribution in [0.25, 0.3) is 0 Å². The average molecular weight is 222 g/mol. The van der Waals surface area contributed by atoms with Crippen LogP contribution >= 0.6 is 0 Å². The second-order valence-corrected chi connectivity index (χ2v) is 5.22. The smallest absolute Gasteiger partial charge is 0.279 e. The van der Waals surface area contributed by atoms with Gasteiger partial charge in [0.2, 0.25) is 0 Å². The number of hydrogen-bond donors (Lipinski definition) is 2. The van der Waals surface area contributed by atoms with Crippen LogP contribution in [0.3, 0.4) is 0 Å². The molecular formula is C8H18N2O3S. The molecule has 1 heterocycles. The quantitative estimate of drug-likeness (QED) is 0.670. The topological polar surface area (TPSA) is 69.6 Å². The minimum absolute atomic E-state index is 0.149. The van der Waals surface area contributed by atoms with Crippen LogP contribution in [0.15, 0.2) is 0 Å². The van der Waals surface area contributed by atoms with Crippen LogP contribution in [0.2, 0.25) is 0 Å². The predicted octanol–water partition coefficient (Wildman–Crippen LogP) is -0.313. The van der Waals surface area contributed by atoms with Gasteiger partial charge in [0.15, 0.2) is 0 Å². The molecule has 0 saturated carbocycles. The van der Waals surface area contributed by atoms with Crippen LogP contribution in [0, 0.1) is 0 Å². The Morgan fingerprint density at radius 3 is 2.43 bits per heavy atom. The Balaban J connectivity index is 2.56. The van der Waals surface area contributed by atoms with Crippen molar-refractivity contribution < 1.29 is 13.5 Å². The Bertz CT molecular complexity index is 256. The normalized spacial score (nSPS) is 21.3. The standard InChI is InChI=1S/C8H18N2O3S/c1-2-8(7-11)9-14(12,13)10-5-3-4-6-10/h8-9,11H,2-7H2,1H3/t8-/m1/s1. The summed E-state index contributed by atoms with van der Waals surface area (Å²) in [7, 11) is -3.36. The molecule has 1 aliphatic heterocycles. The van der Waals surface area contributed by atoms with Crippen LogP contribution in [-0.2, 0) is 10.2 Å². The molecular weight excluding hydrogens is 204 g/mol. The zero-order valence-corrected chi connectivity index (χ0v) is 9.26. The van der Waals surface area contributed by atoms with E-state index in [1.165, 1.54) is 4.31 Å². The first kappa shape index (κ1) is 11.9. The number of aliphatic hydroxyl groups excluding tert-OH is 1. The van der Waals surface area contributed by atoms with Gasteiger partial charge in [0.05, 0.1) is 6.61 Å². The summed E-state index contributed by atoms with van der Waals surface area (Å²) in [6, 6.07) is -0.361. The van der Waals surface area contributed by atoms with Gasteiger partial charge in [-0.3, -0.25) is 0 Å². The summed E-state index contributed by atoms with van der Waals surface area (Å²) < 4.78 is 27.2. The van der Waals surface area contributed by atoms with Crippen molar-refractivity contribution in [3.8, 4) is 0 Å². The molecule has 84 valence electrons. The first-order valence-electron chi connectivity index (χ1n) is 4.98. The second-order valence-electron chi connectivity index (χ2n) is 3.52. The van der Waals surface area contributed by atoms with Gasteiger partial charge in [0.25, 0.3) is 10.2 Å². The molecule has 1 rings (SSSR count). The van der Waals surface area contributed by atoms with E-state index < -0.39 is 10.2 Å². The lowest BCUT2D eigenvalue weighted by Crippen LogP contribution is -2.45. The zero-order valence-electron chi connectivity index (χ0n) is 8.44. The highest BCUT2D eigenvalue weighted by Gasteiger charge is 2.26. The summed E-state index contributed by atoms with van der Waals surface area (Å²) in [6.45, 7) is 2.88. The molecule has 6 heteroatoms. The van der Waals surface area contributed by atoms with Gasteiger partial charge >= 0.3 is 0 Å². The molecule has 0 bridgehead atoms. The van der Waals surface area contributed by atoms with E-state index in [2.05, 4.69) is 4.72 Å². The van der Waals surface area contributed by atoms with Crippen LogP contribution in [0.5, 0.6) is 0 Å². The van der Waals surface area contributed by atoms with E-state index in [1.807, 2.05) is 6.92 Å². The summed E-state index contributed by atoms with van der Waals surface area (Å²) in [5.41, 5.74) is 0. The Morgan fingerprint density at radius 1 is 1.43 bits per heavy atom. The first-order valence-corrected chi connectivity index (χ1v) is 6.42. The lowest BCUT2D eigenvalue weighted by molar-refractivity contribution is 0.251. The SMILES string of the molecule is CC[C@H](CO)NS(=O)(=O)N1CCCC1. The summed E-state index contributed by atoms with van der Waals surface area (Å²) in [6.07, 6.45) is 2.46. The molecule has 0 radical (unpaired) electrons. The van der Waals surface area contributed by atoms with Crippen molar-refractivity contribution >= 4 is 10.2 Å². The van der Waals surface area contributed by atoms with Crippen molar-refractivity contribution in [3.05, 3.63) is 0 Å². The summed E-state index contributed by atoms with van der Waals surface area (Å²) in [4.78, 5) is 0. The van der Waals surface area contributed by atoms with Crippen molar-refractivity contribution in [1.29, 1.82) is 0 Å². The highest BCUT2D eigenvalue weighted by Crippen LogP contribution is 2.11. The number of rotatable bonds is 5. The molecule has 0 aromatic heterocycles. The van der Waals surface area contributed by atoms with E-state index in [9.17, 15) is 8.42 Å². The zero-order chi connectivity index (χ0) is 10.6. The third-order valence-electron chi connectivity index (χ3n) is 2.43. The van der Waals surface area contributed by atoms with Crippen LogP contribution in [0.4, 0.5) is 0 Å². The molecule has 1 saturated heterocycles. The molecule has 1 atom stereocenters. The molecule has 1 fully saturated rings. The van der Waals surface area contributed by atoms with Crippen LogP contribution in [-0.4, -0.2) is 43.6 Å². The summed E-state index contributed by atoms with van der Waals surface area (Å²) >= 11 is 0. The molecule has 5 nitrogen and oxygen atoms in total. The number of nitrogens with zero attached hydrogens (tertiary/aromatic N) is 1. The molecule has 2 N–H and O–H groups in total. The highest BCUT2D eigenvalue weighted by atomic mass is 32.2. The Kier molecular flexibility index (Phi) is 4.31. The second kappa shape index (κ2) is 5.06. The van der Waals surface area contributed by atoms with Crippen molar-refractivity contribution in [3.63, 3.8) is 0 Å². The Hall–Kier alpha value is -0.170. The van der Waals surface area contributed by atoms with Gasteiger partial charge in [-0.25, -0.2) is 0 Å². The fourth-order valence-electron chi connectivity index (χ4n) is 1.46. The van der Waals surface area contributed by atoms with E-state index >= 15 is 0 Å². The van der Waals surface area contributed by atoms with Crippen molar-refractivity contribution in [1.82, 2.24) is 9.03 Å². The maximum Gasteiger partial charge on any atom is 0.279 e. The number of nitrogens with one attached hydrogen (secondary N) is 1. The van der Waals surface area contributed by atoms with Crippen molar-refractivity contribution in [2.24, 2.45) is 0 Å². The van der Waals surface area contributed by atoms with Gasteiger partial charge in [0.1, 0.15) is 0 Å². The molecule has 14 heavy (non-hydrogen) atoms. The fourth-order valence-corrected chi connectivity index (χ4v) is 3.01. The van der Waals surface area contributed by atoms with Crippen LogP contribution < -0.4 is 4.72 Å². The van der Waals surface area contributed by atoms with E-state index in [4.69, 9.17) is 5.11 Å². The van der Waals surface area contributed by atoms with E-state index in [-0.39, 0.29) is 12.6 Å². The summed E-state index contributed by atoms with van der Waals surface area (Å²) in [5, 5.41) is 8.89. The van der Waals surface area contributed by atoms with Gasteiger partial charge < -0.3 is 5.11 Å². The third-order valence-corrected chi connectivity index (χ3v) is 4.11. The maximum atomic E-state index is 11.7. The Morgan fingerprint density at radius 2 is 2.00 bits per heavy atom. The van der Waals surface area contributed by atoms with E-state index in [1.54, 1.807) is 0 Å². The Labute approximate surface area is 85.3 Å². The van der Waals surface area contributed by atoms with Crippen LogP contribution in [0.1, 0.15) is 26.2 Å². The molecule has 1 aliphatic rings. The minimum atomic E-state index is -3.36. The number of hydrogen-bond acceptors (Lipinski definition) is 3. The monoisotopic (exact) mass is 222 g/mol. The van der Waals surface area contributed by atoms with Gasteiger partial charge in [-0.15, -0.1) is 0 Å². The molecule has 0 amide bonds. The average Bonchev–Trinajstić information content (AvgIpc) is 2.67. The molecule has 0 aliphatic carbocycles. The number of aliphatic hydroxyl groups is 1. The van der Waals surface area contributed by atoms with Gasteiger partial charge in [-0.1, -0.05) is 6.92 Å². The fraction of sp³-hybridized carbons (Fsp3) is 1.00. The lowest BCUT2D eigenvalue weighted by Gasteiger charge is -2.20. The predicted molar refractivity (Wildman–Crippen MR) is 54.0 cm³/mol. The lowest BCUT2D eigenvalue weighted by atomic mass is 10.3. The molecule has 0 spiro atoms. The minimum Gasteiger partial charge on any atom is -0.395 e. The largest absolute Gasteiger partial charge is 0.395 e. The van der Waals surface area contributed by atoms with E-state index in [0.29, 0.717) is 19.5 Å². The molecule has 0 aromatic carbocycles. The van der Waals surface area contributed by atoms with Crippen molar-refractivity contribution in [2.45, 2.75) is 32.2 Å². The molecule has 0 aromatic rings. The first-order chi connectivity index (χ1) is 6.60. The third kappa shape index (κ3) is 2.91. The van der Waals surface area contributed by atoms with Gasteiger partial charge in [-0.05, 0) is 19.3 Å². The maximum absolute atomic E-state index is 11.7. The molecule has 0 unspecified atom stereocenters.